The van der Waals surface area contributed by atoms with Crippen molar-refractivity contribution in [3.8, 4) is 0 Å². The van der Waals surface area contributed by atoms with E-state index < -0.39 is 42.9 Å². The van der Waals surface area contributed by atoms with Crippen LogP contribution in [-0.2, 0) is 14.2 Å². The molecule has 0 bridgehead atoms. The lowest BCUT2D eigenvalue weighted by atomic mass is 10.1. The summed E-state index contributed by atoms with van der Waals surface area (Å²) >= 11 is 0. The van der Waals surface area contributed by atoms with E-state index in [4.69, 9.17) is 20.4 Å². The highest BCUT2D eigenvalue weighted by atomic mass is 16.9. The van der Waals surface area contributed by atoms with Crippen LogP contribution in [-0.4, -0.2) is 78.7 Å². The lowest BCUT2D eigenvalue weighted by molar-refractivity contribution is -0.374. The van der Waals surface area contributed by atoms with Gasteiger partial charge in [0, 0.05) is 0 Å². The zero-order valence-electron chi connectivity index (χ0n) is 9.31. The van der Waals surface area contributed by atoms with E-state index >= 15 is 0 Å². The summed E-state index contributed by atoms with van der Waals surface area (Å²) in [7, 11) is 0. The van der Waals surface area contributed by atoms with Gasteiger partial charge in [-0.25, -0.2) is 14.4 Å². The fourth-order valence-corrected chi connectivity index (χ4v) is 0.937. The Labute approximate surface area is 108 Å². The predicted molar refractivity (Wildman–Crippen MR) is 50.3 cm³/mol. The first-order valence-electron chi connectivity index (χ1n) is 4.49. The van der Waals surface area contributed by atoms with Gasteiger partial charge in [0.15, 0.2) is 12.2 Å². The lowest BCUT2D eigenvalue weighted by Crippen LogP contribution is -2.58. The van der Waals surface area contributed by atoms with Crippen molar-refractivity contribution in [1.82, 2.24) is 0 Å². The zero-order chi connectivity index (χ0) is 16.1. The smallest absolute Gasteiger partial charge is 0.450 e. The molecule has 0 aliphatic rings. The van der Waals surface area contributed by atoms with E-state index in [9.17, 15) is 29.7 Å². The molecule has 0 heterocycles. The molecule has 0 aromatic carbocycles. The van der Waals surface area contributed by atoms with Crippen molar-refractivity contribution < 1.29 is 64.3 Å². The maximum atomic E-state index is 10.2. The third-order valence-electron chi connectivity index (χ3n) is 1.68. The molecular formula is C7H10O13. The second-order valence-electron chi connectivity index (χ2n) is 3.08. The fourth-order valence-electron chi connectivity index (χ4n) is 0.937. The maximum Gasteiger partial charge on any atom is 0.510 e. The molecule has 0 fully saturated rings. The SMILES string of the molecule is O=C(O)OC(O)C(O)C(O)C(O)(OC(=O)O)OC(=O)O. The average Bonchev–Trinajstić information content (AvgIpc) is 2.23. The molecule has 0 amide bonds. The summed E-state index contributed by atoms with van der Waals surface area (Å²) in [5.41, 5.74) is 0. The minimum atomic E-state index is -3.83. The van der Waals surface area contributed by atoms with Crippen LogP contribution >= 0.6 is 0 Å². The van der Waals surface area contributed by atoms with Gasteiger partial charge in [-0.05, 0) is 0 Å². The van der Waals surface area contributed by atoms with Crippen LogP contribution in [0.2, 0.25) is 0 Å². The Balaban J connectivity index is 5.10. The summed E-state index contributed by atoms with van der Waals surface area (Å²) in [6, 6.07) is 0. The normalized spacial score (nSPS) is 15.6. The highest BCUT2D eigenvalue weighted by Gasteiger charge is 2.51. The summed E-state index contributed by atoms with van der Waals surface area (Å²) in [5, 5.41) is 61.4. The Kier molecular flexibility index (Phi) is 5.92. The fraction of sp³-hybridized carbons (Fsp3) is 0.571. The number of hydrogen-bond donors (Lipinski definition) is 7. The molecule has 0 aromatic heterocycles. The monoisotopic (exact) mass is 302 g/mol. The Bertz CT molecular complexity index is 361. The number of aliphatic hydroxyl groups excluding tert-OH is 3. The van der Waals surface area contributed by atoms with Gasteiger partial charge in [0.2, 0.25) is 6.29 Å². The van der Waals surface area contributed by atoms with Crippen molar-refractivity contribution in [2.24, 2.45) is 0 Å². The number of rotatable bonds is 6. The molecular weight excluding hydrogens is 292 g/mol. The van der Waals surface area contributed by atoms with Gasteiger partial charge in [0.1, 0.15) is 0 Å². The Morgan fingerprint density at radius 3 is 1.55 bits per heavy atom. The standard InChI is InChI=1S/C7H10O13/c8-1(3(10)18-4(11)12)2(9)7(17,19-5(13)14)20-6(15)16/h1-3,8-10,17H,(H,11,12)(H,13,14)(H,15,16). The van der Waals surface area contributed by atoms with E-state index in [1.807, 2.05) is 0 Å². The van der Waals surface area contributed by atoms with Crippen molar-refractivity contribution in [2.75, 3.05) is 0 Å². The second-order valence-corrected chi connectivity index (χ2v) is 3.08. The highest BCUT2D eigenvalue weighted by molar-refractivity contribution is 5.60. The largest absolute Gasteiger partial charge is 0.510 e. The molecule has 3 atom stereocenters. The van der Waals surface area contributed by atoms with Gasteiger partial charge < -0.3 is 50.0 Å². The van der Waals surface area contributed by atoms with Gasteiger partial charge >= 0.3 is 24.4 Å². The van der Waals surface area contributed by atoms with E-state index in [1.165, 1.54) is 0 Å². The van der Waals surface area contributed by atoms with Crippen LogP contribution < -0.4 is 0 Å². The van der Waals surface area contributed by atoms with Crippen molar-refractivity contribution in [3.05, 3.63) is 0 Å². The van der Waals surface area contributed by atoms with Crippen LogP contribution in [0.1, 0.15) is 0 Å². The molecule has 0 radical (unpaired) electrons. The van der Waals surface area contributed by atoms with Gasteiger partial charge in [-0.3, -0.25) is 0 Å². The lowest BCUT2D eigenvalue weighted by Gasteiger charge is -2.31. The number of carboxylic acid groups (broad SMARTS) is 3. The van der Waals surface area contributed by atoms with E-state index in [0.717, 1.165) is 0 Å². The molecule has 7 N–H and O–H groups in total. The summed E-state index contributed by atoms with van der Waals surface area (Å²) in [5.74, 6) is -3.83. The molecule has 0 aliphatic carbocycles. The van der Waals surface area contributed by atoms with Crippen molar-refractivity contribution in [1.29, 1.82) is 0 Å². The molecule has 13 heteroatoms. The Hall–Kier alpha value is -2.35. The third kappa shape index (κ3) is 5.11. The predicted octanol–water partition coefficient (Wildman–Crippen LogP) is -2.24. The average molecular weight is 302 g/mol. The second kappa shape index (κ2) is 6.71. The van der Waals surface area contributed by atoms with Gasteiger partial charge in [0.25, 0.3) is 0 Å². The number of carbonyl (C=O) groups is 3. The molecule has 0 saturated carbocycles. The van der Waals surface area contributed by atoms with Crippen LogP contribution in [0.15, 0.2) is 0 Å². The zero-order valence-corrected chi connectivity index (χ0v) is 9.31. The Morgan fingerprint density at radius 1 is 0.850 bits per heavy atom. The molecule has 0 aliphatic heterocycles. The minimum absolute atomic E-state index is 2.09. The van der Waals surface area contributed by atoms with Crippen molar-refractivity contribution >= 4 is 18.5 Å². The van der Waals surface area contributed by atoms with Gasteiger partial charge in [0.05, 0.1) is 0 Å². The van der Waals surface area contributed by atoms with Crippen LogP contribution in [0.25, 0.3) is 0 Å². The quantitative estimate of drug-likeness (QED) is 0.204. The summed E-state index contributed by atoms with van der Waals surface area (Å²) in [6.07, 6.45) is -15.0. The summed E-state index contributed by atoms with van der Waals surface area (Å²) < 4.78 is 10.6. The molecule has 0 aromatic rings. The molecule has 20 heavy (non-hydrogen) atoms. The van der Waals surface area contributed by atoms with Crippen LogP contribution in [0, 0.1) is 0 Å². The number of ether oxygens (including phenoxy) is 3. The van der Waals surface area contributed by atoms with E-state index in [-0.39, 0.29) is 0 Å². The third-order valence-corrected chi connectivity index (χ3v) is 1.68. The number of hydrogen-bond acceptors (Lipinski definition) is 10. The minimum Gasteiger partial charge on any atom is -0.450 e. The molecule has 0 rings (SSSR count). The molecule has 0 spiro atoms. The van der Waals surface area contributed by atoms with Crippen molar-refractivity contribution in [2.45, 2.75) is 24.5 Å². The first kappa shape index (κ1) is 17.6. The molecule has 3 unspecified atom stereocenters. The van der Waals surface area contributed by atoms with E-state index in [1.54, 1.807) is 0 Å². The van der Waals surface area contributed by atoms with Crippen LogP contribution in [0.5, 0.6) is 0 Å². The van der Waals surface area contributed by atoms with Crippen molar-refractivity contribution in [3.63, 3.8) is 0 Å². The van der Waals surface area contributed by atoms with Gasteiger partial charge in [-0.2, -0.15) is 0 Å². The topological polar surface area (TPSA) is 221 Å². The maximum absolute atomic E-state index is 10.2. The first-order valence-corrected chi connectivity index (χ1v) is 4.49. The highest BCUT2D eigenvalue weighted by Crippen LogP contribution is 2.20. The molecule has 13 nitrogen and oxygen atoms in total. The summed E-state index contributed by atoms with van der Waals surface area (Å²) in [6.45, 7) is 0. The number of aliphatic hydroxyl groups is 4. The van der Waals surface area contributed by atoms with E-state index in [0.29, 0.717) is 0 Å². The van der Waals surface area contributed by atoms with Crippen LogP contribution in [0.3, 0.4) is 0 Å². The Morgan fingerprint density at radius 2 is 1.25 bits per heavy atom. The summed E-state index contributed by atoms with van der Waals surface area (Å²) in [4.78, 5) is 30.5. The first-order chi connectivity index (χ1) is 8.99. The van der Waals surface area contributed by atoms with Gasteiger partial charge in [-0.15, -0.1) is 0 Å². The molecule has 116 valence electrons. The molecule has 0 saturated heterocycles. The van der Waals surface area contributed by atoms with E-state index in [2.05, 4.69) is 14.2 Å². The van der Waals surface area contributed by atoms with Gasteiger partial charge in [-0.1, -0.05) is 0 Å². The van der Waals surface area contributed by atoms with Crippen LogP contribution in [0.4, 0.5) is 14.4 Å².